The molecule has 0 spiro atoms. The number of phenolic OH excluding ortho intramolecular Hbond substituents is 1. The minimum Gasteiger partial charge on any atom is -0.508 e. The molecule has 0 aromatic heterocycles. The van der Waals surface area contributed by atoms with Crippen LogP contribution in [-0.4, -0.2) is 34.5 Å². The van der Waals surface area contributed by atoms with E-state index in [9.17, 15) is 16.8 Å². The Morgan fingerprint density at radius 1 is 0.773 bits per heavy atom. The molecule has 0 radical (unpaired) electrons. The third-order valence-corrected chi connectivity index (χ3v) is 4.88. The molecule has 120 valence electrons. The Hall–Kier alpha value is -1.86. The summed E-state index contributed by atoms with van der Waals surface area (Å²) in [5, 5.41) is 8.91. The third kappa shape index (κ3) is 5.87. The van der Waals surface area contributed by atoms with Crippen LogP contribution in [0.5, 0.6) is 5.75 Å². The number of sulfone groups is 2. The Morgan fingerprint density at radius 2 is 1.23 bits per heavy atom. The number of phenols is 1. The summed E-state index contributed by atoms with van der Waals surface area (Å²) in [7, 11) is -6.21. The normalized spacial score (nSPS) is 11.4. The van der Waals surface area contributed by atoms with Gasteiger partial charge in [-0.1, -0.05) is 18.2 Å². The summed E-state index contributed by atoms with van der Waals surface area (Å²) in [6.45, 7) is 1.87. The second-order valence-electron chi connectivity index (χ2n) is 4.86. The van der Waals surface area contributed by atoms with E-state index in [4.69, 9.17) is 5.11 Å². The third-order valence-electron chi connectivity index (χ3n) is 2.66. The smallest absolute Gasteiger partial charge is 0.175 e. The van der Waals surface area contributed by atoms with Gasteiger partial charge in [0.25, 0.3) is 0 Å². The Kier molecular flexibility index (Phi) is 5.73. The summed E-state index contributed by atoms with van der Waals surface area (Å²) in [6.07, 6.45) is 2.31. The number of benzene rings is 2. The van der Waals surface area contributed by atoms with Gasteiger partial charge in [0.1, 0.15) is 5.75 Å². The quantitative estimate of drug-likeness (QED) is 0.904. The zero-order valence-corrected chi connectivity index (χ0v) is 14.1. The van der Waals surface area contributed by atoms with Gasteiger partial charge in [0.15, 0.2) is 19.7 Å². The maximum absolute atomic E-state index is 11.0. The van der Waals surface area contributed by atoms with Gasteiger partial charge in [-0.2, -0.15) is 0 Å². The van der Waals surface area contributed by atoms with Crippen molar-refractivity contribution in [2.45, 2.75) is 16.7 Å². The second kappa shape index (κ2) is 6.93. The first-order chi connectivity index (χ1) is 10.00. The molecule has 1 N–H and O–H groups in total. The van der Waals surface area contributed by atoms with Crippen LogP contribution >= 0.6 is 0 Å². The zero-order chi connectivity index (χ0) is 17.0. The van der Waals surface area contributed by atoms with Crippen LogP contribution in [-0.2, 0) is 19.7 Å². The van der Waals surface area contributed by atoms with Crippen LogP contribution in [0.1, 0.15) is 5.56 Å². The summed E-state index contributed by atoms with van der Waals surface area (Å²) in [5.74, 6) is -0.0343. The topological polar surface area (TPSA) is 88.5 Å². The average Bonchev–Trinajstić information content (AvgIpc) is 2.37. The molecule has 0 unspecified atom stereocenters. The van der Waals surface area contributed by atoms with Crippen LogP contribution in [0.25, 0.3) is 0 Å². The Bertz CT molecular complexity index is 780. The lowest BCUT2D eigenvalue weighted by atomic mass is 10.2. The van der Waals surface area contributed by atoms with Gasteiger partial charge in [-0.15, -0.1) is 0 Å². The monoisotopic (exact) mass is 342 g/mol. The highest BCUT2D eigenvalue weighted by atomic mass is 32.2. The van der Waals surface area contributed by atoms with Crippen molar-refractivity contribution in [1.82, 2.24) is 0 Å². The summed E-state index contributed by atoms with van der Waals surface area (Å²) in [6, 6.07) is 12.4. The zero-order valence-electron chi connectivity index (χ0n) is 12.5. The van der Waals surface area contributed by atoms with E-state index in [-0.39, 0.29) is 10.6 Å². The number of hydrogen-bond donors (Lipinski definition) is 1. The van der Waals surface area contributed by atoms with Crippen molar-refractivity contribution in [3.8, 4) is 5.75 Å². The second-order valence-corrected chi connectivity index (χ2v) is 8.89. The predicted octanol–water partition coefficient (Wildman–Crippen LogP) is 2.19. The summed E-state index contributed by atoms with van der Waals surface area (Å²) < 4.78 is 43.7. The molecule has 0 aliphatic rings. The van der Waals surface area contributed by atoms with E-state index in [0.717, 1.165) is 11.8 Å². The van der Waals surface area contributed by atoms with Crippen molar-refractivity contribution in [2.24, 2.45) is 0 Å². The number of aryl methyl sites for hydroxylation is 1. The van der Waals surface area contributed by atoms with Gasteiger partial charge in [0.2, 0.25) is 0 Å². The SMILES string of the molecule is CS(=O)(=O)c1cccc(O)c1.Cc1cccc(S(C)(=O)=O)c1. The molecular weight excluding hydrogens is 324 g/mol. The molecule has 0 saturated heterocycles. The van der Waals surface area contributed by atoms with E-state index in [1.807, 2.05) is 13.0 Å². The molecule has 0 bridgehead atoms. The van der Waals surface area contributed by atoms with E-state index in [2.05, 4.69) is 0 Å². The van der Waals surface area contributed by atoms with Crippen LogP contribution in [0, 0.1) is 6.92 Å². The Labute approximate surface area is 131 Å². The van der Waals surface area contributed by atoms with Crippen molar-refractivity contribution in [1.29, 1.82) is 0 Å². The largest absolute Gasteiger partial charge is 0.508 e. The number of aromatic hydroxyl groups is 1. The maximum Gasteiger partial charge on any atom is 0.175 e. The summed E-state index contributed by atoms with van der Waals surface area (Å²) in [4.78, 5) is 0.523. The molecule has 5 nitrogen and oxygen atoms in total. The highest BCUT2D eigenvalue weighted by Crippen LogP contribution is 2.15. The Balaban J connectivity index is 0.000000220. The van der Waals surface area contributed by atoms with Gasteiger partial charge in [-0.25, -0.2) is 16.8 Å². The fourth-order valence-electron chi connectivity index (χ4n) is 1.56. The first kappa shape index (κ1) is 18.2. The first-order valence-corrected chi connectivity index (χ1v) is 10.0. The van der Waals surface area contributed by atoms with Crippen LogP contribution in [0.2, 0.25) is 0 Å². The Morgan fingerprint density at radius 3 is 1.55 bits per heavy atom. The van der Waals surface area contributed by atoms with Gasteiger partial charge in [0, 0.05) is 12.5 Å². The molecule has 2 rings (SSSR count). The van der Waals surface area contributed by atoms with Crippen LogP contribution < -0.4 is 0 Å². The molecule has 22 heavy (non-hydrogen) atoms. The predicted molar refractivity (Wildman–Crippen MR) is 85.5 cm³/mol. The van der Waals surface area contributed by atoms with E-state index in [0.29, 0.717) is 4.90 Å². The lowest BCUT2D eigenvalue weighted by Gasteiger charge is -1.97. The van der Waals surface area contributed by atoms with Crippen LogP contribution in [0.4, 0.5) is 0 Å². The number of rotatable bonds is 2. The standard InChI is InChI=1S/C8H10O2S.C7H8O3S/c1-7-4-3-5-8(6-7)11(2,9)10;1-11(9,10)7-4-2-3-6(8)5-7/h3-6H,1-2H3;2-5,8H,1H3. The minimum absolute atomic E-state index is 0.0343. The molecule has 0 amide bonds. The molecular formula is C15H18O5S2. The van der Waals surface area contributed by atoms with E-state index >= 15 is 0 Å². The highest BCUT2D eigenvalue weighted by molar-refractivity contribution is 7.91. The fraction of sp³-hybridized carbons (Fsp3) is 0.200. The molecule has 0 atom stereocenters. The number of hydrogen-bond acceptors (Lipinski definition) is 5. The molecule has 0 aliphatic heterocycles. The van der Waals surface area contributed by atoms with Gasteiger partial charge >= 0.3 is 0 Å². The summed E-state index contributed by atoms with van der Waals surface area (Å²) in [5.41, 5.74) is 0.966. The first-order valence-electron chi connectivity index (χ1n) is 6.26. The molecule has 7 heteroatoms. The van der Waals surface area contributed by atoms with Crippen molar-refractivity contribution >= 4 is 19.7 Å². The van der Waals surface area contributed by atoms with Crippen molar-refractivity contribution in [3.63, 3.8) is 0 Å². The molecule has 0 saturated carbocycles. The van der Waals surface area contributed by atoms with Gasteiger partial charge in [-0.3, -0.25) is 0 Å². The fourth-order valence-corrected chi connectivity index (χ4v) is 2.95. The van der Waals surface area contributed by atoms with Crippen LogP contribution in [0.15, 0.2) is 58.3 Å². The lowest BCUT2D eigenvalue weighted by Crippen LogP contribution is -1.96. The van der Waals surface area contributed by atoms with Gasteiger partial charge in [-0.05, 0) is 42.8 Å². The van der Waals surface area contributed by atoms with Crippen molar-refractivity contribution < 1.29 is 21.9 Å². The molecule has 0 heterocycles. The highest BCUT2D eigenvalue weighted by Gasteiger charge is 2.06. The molecule has 2 aromatic carbocycles. The van der Waals surface area contributed by atoms with Gasteiger partial charge < -0.3 is 5.11 Å². The van der Waals surface area contributed by atoms with Crippen molar-refractivity contribution in [3.05, 3.63) is 54.1 Å². The van der Waals surface area contributed by atoms with Crippen LogP contribution in [0.3, 0.4) is 0 Å². The van der Waals surface area contributed by atoms with Gasteiger partial charge in [0.05, 0.1) is 9.79 Å². The maximum atomic E-state index is 11.0. The molecule has 0 aliphatic carbocycles. The summed E-state index contributed by atoms with van der Waals surface area (Å²) >= 11 is 0. The van der Waals surface area contributed by atoms with E-state index in [1.54, 1.807) is 18.2 Å². The average molecular weight is 342 g/mol. The van der Waals surface area contributed by atoms with E-state index < -0.39 is 19.7 Å². The molecule has 2 aromatic rings. The van der Waals surface area contributed by atoms with E-state index in [1.165, 1.54) is 30.5 Å². The minimum atomic E-state index is -3.19. The van der Waals surface area contributed by atoms with Crippen molar-refractivity contribution in [2.75, 3.05) is 12.5 Å². The lowest BCUT2D eigenvalue weighted by molar-refractivity contribution is 0.473. The molecule has 0 fully saturated rings.